The predicted molar refractivity (Wildman–Crippen MR) is 149 cm³/mol. The second kappa shape index (κ2) is 11.7. The van der Waals surface area contributed by atoms with Crippen molar-refractivity contribution in [1.29, 1.82) is 0 Å². The van der Waals surface area contributed by atoms with Crippen LogP contribution < -0.4 is 9.47 Å². The Morgan fingerprint density at radius 3 is 1.97 bits per heavy atom. The van der Waals surface area contributed by atoms with Gasteiger partial charge in [0.1, 0.15) is 23.9 Å². The first-order valence-electron chi connectivity index (χ1n) is 12.8. The number of aliphatic hydroxyl groups excluding tert-OH is 1. The molecule has 1 fully saturated rings. The molecular weight excluding hydrogens is 490 g/mol. The van der Waals surface area contributed by atoms with Gasteiger partial charge in [-0.25, -0.2) is 0 Å². The Morgan fingerprint density at radius 1 is 0.769 bits per heavy atom. The van der Waals surface area contributed by atoms with Gasteiger partial charge in [-0.15, -0.1) is 0 Å². The molecule has 1 N–H and O–H groups in total. The fraction of sp³-hybridized carbons (Fsp3) is 0.152. The lowest BCUT2D eigenvalue weighted by Gasteiger charge is -2.25. The molecule has 1 saturated heterocycles. The number of ether oxygens (including phenoxy) is 2. The van der Waals surface area contributed by atoms with Gasteiger partial charge in [-0.1, -0.05) is 72.8 Å². The lowest BCUT2D eigenvalue weighted by atomic mass is 9.95. The summed E-state index contributed by atoms with van der Waals surface area (Å²) in [5.41, 5.74) is 3.32. The Hall–Kier alpha value is -4.84. The lowest BCUT2D eigenvalue weighted by Crippen LogP contribution is -2.31. The number of carbonyl (C=O) groups is 2. The lowest BCUT2D eigenvalue weighted by molar-refractivity contribution is -0.139. The molecule has 1 aliphatic rings. The first-order valence-corrected chi connectivity index (χ1v) is 12.8. The second-order valence-corrected chi connectivity index (χ2v) is 9.30. The van der Waals surface area contributed by atoms with Gasteiger partial charge in [-0.3, -0.25) is 9.59 Å². The SMILES string of the molecule is COc1ccc(/C(O)=C2\C(=O)C(=O)N(CCc3ccccc3)C2c2ccc(OCc3ccccc3)cc2)cc1. The Morgan fingerprint density at radius 2 is 1.36 bits per heavy atom. The predicted octanol–water partition coefficient (Wildman–Crippen LogP) is 5.94. The van der Waals surface area contributed by atoms with Crippen LogP contribution in [0.25, 0.3) is 5.76 Å². The highest BCUT2D eigenvalue weighted by Crippen LogP contribution is 2.40. The van der Waals surface area contributed by atoms with Gasteiger partial charge < -0.3 is 19.5 Å². The number of hydrogen-bond donors (Lipinski definition) is 1. The Balaban J connectivity index is 1.47. The van der Waals surface area contributed by atoms with E-state index in [4.69, 9.17) is 9.47 Å². The number of nitrogens with zero attached hydrogens (tertiary/aromatic N) is 1. The minimum Gasteiger partial charge on any atom is -0.507 e. The molecule has 4 aromatic rings. The molecule has 1 heterocycles. The van der Waals surface area contributed by atoms with Crippen LogP contribution in [0.5, 0.6) is 11.5 Å². The Labute approximate surface area is 227 Å². The van der Waals surface area contributed by atoms with E-state index in [0.29, 0.717) is 42.2 Å². The van der Waals surface area contributed by atoms with Gasteiger partial charge in [0, 0.05) is 12.1 Å². The van der Waals surface area contributed by atoms with E-state index in [0.717, 1.165) is 11.1 Å². The summed E-state index contributed by atoms with van der Waals surface area (Å²) in [5.74, 6) is -0.259. The molecular formula is C33H29NO5. The zero-order chi connectivity index (χ0) is 27.2. The quantitative estimate of drug-likeness (QED) is 0.168. The molecule has 0 aromatic heterocycles. The molecule has 0 spiro atoms. The van der Waals surface area contributed by atoms with E-state index in [-0.39, 0.29) is 11.3 Å². The average Bonchev–Trinajstić information content (AvgIpc) is 3.25. The summed E-state index contributed by atoms with van der Waals surface area (Å²) in [7, 11) is 1.56. The van der Waals surface area contributed by atoms with E-state index < -0.39 is 17.7 Å². The summed E-state index contributed by atoms with van der Waals surface area (Å²) in [5, 5.41) is 11.3. The fourth-order valence-electron chi connectivity index (χ4n) is 4.74. The van der Waals surface area contributed by atoms with Crippen molar-refractivity contribution in [2.45, 2.75) is 19.1 Å². The normalized spacial score (nSPS) is 16.3. The van der Waals surface area contributed by atoms with E-state index in [9.17, 15) is 14.7 Å². The van der Waals surface area contributed by atoms with Crippen LogP contribution in [0.15, 0.2) is 115 Å². The van der Waals surface area contributed by atoms with Crippen LogP contribution in [0.3, 0.4) is 0 Å². The van der Waals surface area contributed by atoms with E-state index in [1.165, 1.54) is 0 Å². The first-order chi connectivity index (χ1) is 19.0. The standard InChI is InChI=1S/C33H29NO5/c1-38-27-16-14-26(15-17-27)31(35)29-30(34(33(37)32(29)36)21-20-23-8-4-2-5-9-23)25-12-18-28(19-13-25)39-22-24-10-6-3-7-11-24/h2-19,30,35H,20-22H2,1H3/b31-29+. The monoisotopic (exact) mass is 519 g/mol. The molecule has 0 saturated carbocycles. The number of rotatable bonds is 9. The van der Waals surface area contributed by atoms with Crippen molar-refractivity contribution in [2.24, 2.45) is 0 Å². The molecule has 6 heteroatoms. The maximum atomic E-state index is 13.3. The van der Waals surface area contributed by atoms with Crippen molar-refractivity contribution >= 4 is 17.4 Å². The largest absolute Gasteiger partial charge is 0.507 e. The maximum Gasteiger partial charge on any atom is 0.295 e. The van der Waals surface area contributed by atoms with Gasteiger partial charge in [0.05, 0.1) is 18.7 Å². The highest BCUT2D eigenvalue weighted by Gasteiger charge is 2.45. The van der Waals surface area contributed by atoms with E-state index in [1.54, 1.807) is 36.3 Å². The van der Waals surface area contributed by atoms with Crippen LogP contribution in [-0.4, -0.2) is 35.4 Å². The van der Waals surface area contributed by atoms with Gasteiger partial charge >= 0.3 is 0 Å². The highest BCUT2D eigenvalue weighted by molar-refractivity contribution is 6.46. The van der Waals surface area contributed by atoms with Crippen molar-refractivity contribution < 1.29 is 24.2 Å². The average molecular weight is 520 g/mol. The number of methoxy groups -OCH3 is 1. The molecule has 1 unspecified atom stereocenters. The summed E-state index contributed by atoms with van der Waals surface area (Å²) in [6.45, 7) is 0.748. The molecule has 1 amide bonds. The molecule has 0 bridgehead atoms. The van der Waals surface area contributed by atoms with Crippen molar-refractivity contribution in [3.8, 4) is 11.5 Å². The van der Waals surface area contributed by atoms with E-state index in [1.807, 2.05) is 84.9 Å². The fourth-order valence-corrected chi connectivity index (χ4v) is 4.74. The zero-order valence-corrected chi connectivity index (χ0v) is 21.6. The van der Waals surface area contributed by atoms with E-state index >= 15 is 0 Å². The van der Waals surface area contributed by atoms with Crippen LogP contribution in [0.1, 0.15) is 28.3 Å². The number of ketones is 1. The molecule has 0 aliphatic carbocycles. The summed E-state index contributed by atoms with van der Waals surface area (Å²) in [4.78, 5) is 28.1. The smallest absolute Gasteiger partial charge is 0.295 e. The minimum atomic E-state index is -0.737. The number of Topliss-reactive ketones (excluding diaryl/α,β-unsaturated/α-hetero) is 1. The summed E-state index contributed by atoms with van der Waals surface area (Å²) >= 11 is 0. The zero-order valence-electron chi connectivity index (χ0n) is 21.6. The topological polar surface area (TPSA) is 76.1 Å². The Bertz CT molecular complexity index is 1460. The van der Waals surface area contributed by atoms with Gasteiger partial charge in [-0.2, -0.15) is 0 Å². The Kier molecular flexibility index (Phi) is 7.73. The molecule has 1 aliphatic heterocycles. The molecule has 5 rings (SSSR count). The van der Waals surface area contributed by atoms with Crippen molar-refractivity contribution in [1.82, 2.24) is 4.90 Å². The number of hydrogen-bond acceptors (Lipinski definition) is 5. The van der Waals surface area contributed by atoms with Crippen LogP contribution in [0, 0.1) is 0 Å². The number of likely N-dealkylation sites (tertiary alicyclic amines) is 1. The molecule has 196 valence electrons. The van der Waals surface area contributed by atoms with Crippen LogP contribution in [-0.2, 0) is 22.6 Å². The number of benzene rings is 4. The molecule has 1 atom stereocenters. The third-order valence-corrected chi connectivity index (χ3v) is 6.83. The third-order valence-electron chi connectivity index (χ3n) is 6.83. The van der Waals surface area contributed by atoms with E-state index in [2.05, 4.69) is 0 Å². The van der Waals surface area contributed by atoms with Gasteiger partial charge in [0.2, 0.25) is 0 Å². The summed E-state index contributed by atoms with van der Waals surface area (Å²) < 4.78 is 11.1. The minimum absolute atomic E-state index is 0.0659. The van der Waals surface area contributed by atoms with Gasteiger partial charge in [-0.05, 0) is 59.5 Å². The summed E-state index contributed by atoms with van der Waals surface area (Å²) in [6.07, 6.45) is 0.575. The summed E-state index contributed by atoms with van der Waals surface area (Å²) in [6, 6.07) is 33.0. The van der Waals surface area contributed by atoms with Crippen LogP contribution >= 0.6 is 0 Å². The maximum absolute atomic E-state index is 13.3. The van der Waals surface area contributed by atoms with Crippen molar-refractivity contribution in [3.63, 3.8) is 0 Å². The van der Waals surface area contributed by atoms with Gasteiger partial charge in [0.15, 0.2) is 0 Å². The third kappa shape index (κ3) is 5.70. The molecule has 4 aromatic carbocycles. The number of carbonyl (C=O) groups excluding carboxylic acids is 2. The van der Waals surface area contributed by atoms with Crippen molar-refractivity contribution in [2.75, 3.05) is 13.7 Å². The highest BCUT2D eigenvalue weighted by atomic mass is 16.5. The molecule has 39 heavy (non-hydrogen) atoms. The first kappa shape index (κ1) is 25.8. The number of aliphatic hydroxyl groups is 1. The number of amides is 1. The van der Waals surface area contributed by atoms with Gasteiger partial charge in [0.25, 0.3) is 11.7 Å². The van der Waals surface area contributed by atoms with Crippen LogP contribution in [0.4, 0.5) is 0 Å². The molecule has 0 radical (unpaired) electrons. The van der Waals surface area contributed by atoms with Crippen molar-refractivity contribution in [3.05, 3.63) is 137 Å². The second-order valence-electron chi connectivity index (χ2n) is 9.30. The van der Waals surface area contributed by atoms with Crippen LogP contribution in [0.2, 0.25) is 0 Å². The molecule has 6 nitrogen and oxygen atoms in total.